The molecule has 2 nitrogen and oxygen atoms in total. The predicted octanol–water partition coefficient (Wildman–Crippen LogP) is 6.29. The Kier molecular flexibility index (Phi) is 11.7. The first-order valence-corrected chi connectivity index (χ1v) is 13.4. The predicted molar refractivity (Wildman–Crippen MR) is 129 cm³/mol. The summed E-state index contributed by atoms with van der Waals surface area (Å²) in [5.41, 5.74) is 0.339. The lowest BCUT2D eigenvalue weighted by Gasteiger charge is -2.16. The Balaban J connectivity index is 1.64. The number of thioether (sulfide) groups is 4. The highest BCUT2D eigenvalue weighted by molar-refractivity contribution is 8.03. The molecule has 0 radical (unpaired) electrons. The molecule has 0 unspecified atom stereocenters. The van der Waals surface area contributed by atoms with Gasteiger partial charge in [0.2, 0.25) is 0 Å². The van der Waals surface area contributed by atoms with Crippen LogP contribution in [0.4, 0.5) is 0 Å². The number of carboxylic acid groups (broad SMARTS) is 1. The molecule has 0 aliphatic carbocycles. The van der Waals surface area contributed by atoms with E-state index in [1.54, 1.807) is 0 Å². The van der Waals surface area contributed by atoms with E-state index >= 15 is 0 Å². The van der Waals surface area contributed by atoms with E-state index in [4.69, 9.17) is 0 Å². The van der Waals surface area contributed by atoms with Crippen LogP contribution in [0.2, 0.25) is 0 Å². The van der Waals surface area contributed by atoms with Crippen LogP contribution >= 0.6 is 47.0 Å². The van der Waals surface area contributed by atoms with E-state index in [1.807, 2.05) is 59.2 Å². The highest BCUT2D eigenvalue weighted by Gasteiger charge is 2.18. The number of aliphatic carboxylic acids is 1. The summed E-state index contributed by atoms with van der Waals surface area (Å²) in [6, 6.07) is 20.7. The first kappa shape index (κ1) is 23.3. The Bertz CT molecular complexity index is 657. The fourth-order valence-electron chi connectivity index (χ4n) is 2.35. The van der Waals surface area contributed by atoms with Crippen molar-refractivity contribution >= 4 is 53.0 Å². The van der Waals surface area contributed by atoms with Gasteiger partial charge >= 0.3 is 5.97 Å². The first-order chi connectivity index (χ1) is 13.7. The molecule has 1 N–H and O–H groups in total. The van der Waals surface area contributed by atoms with Gasteiger partial charge in [0, 0.05) is 55.8 Å². The molecule has 0 aliphatic heterocycles. The average molecular weight is 451 g/mol. The van der Waals surface area contributed by atoms with Gasteiger partial charge in [-0.1, -0.05) is 43.0 Å². The molecule has 150 valence electrons. The van der Waals surface area contributed by atoms with Crippen molar-refractivity contribution in [3.63, 3.8) is 0 Å². The number of carboxylic acids is 1. The molecule has 0 aliphatic rings. The van der Waals surface area contributed by atoms with Gasteiger partial charge in [-0.2, -0.15) is 23.5 Å². The van der Waals surface area contributed by atoms with Gasteiger partial charge < -0.3 is 5.11 Å². The maximum Gasteiger partial charge on any atom is 0.331 e. The Hall–Kier alpha value is -0.950. The molecule has 0 bridgehead atoms. The molecule has 0 saturated heterocycles. The lowest BCUT2D eigenvalue weighted by Crippen LogP contribution is -2.17. The molecule has 2 rings (SSSR count). The molecule has 2 aromatic carbocycles. The minimum Gasteiger partial charge on any atom is -0.478 e. The summed E-state index contributed by atoms with van der Waals surface area (Å²) in [5, 5.41) is 9.33. The van der Waals surface area contributed by atoms with Crippen LogP contribution in [0.25, 0.3) is 0 Å². The van der Waals surface area contributed by atoms with Crippen LogP contribution in [0.3, 0.4) is 0 Å². The lowest BCUT2D eigenvalue weighted by molar-refractivity contribution is -0.133. The van der Waals surface area contributed by atoms with Crippen molar-refractivity contribution in [2.24, 2.45) is 5.92 Å². The maximum atomic E-state index is 11.4. The zero-order valence-electron chi connectivity index (χ0n) is 15.8. The topological polar surface area (TPSA) is 37.3 Å². The molecule has 0 saturated carbocycles. The summed E-state index contributed by atoms with van der Waals surface area (Å²) in [4.78, 5) is 13.9. The van der Waals surface area contributed by atoms with Gasteiger partial charge in [-0.3, -0.25) is 0 Å². The van der Waals surface area contributed by atoms with Gasteiger partial charge in [0.05, 0.1) is 0 Å². The van der Waals surface area contributed by atoms with Gasteiger partial charge in [0.15, 0.2) is 0 Å². The average Bonchev–Trinajstić information content (AvgIpc) is 2.72. The van der Waals surface area contributed by atoms with Crippen LogP contribution < -0.4 is 0 Å². The molecule has 0 atom stereocenters. The van der Waals surface area contributed by atoms with Gasteiger partial charge in [0.25, 0.3) is 0 Å². The second kappa shape index (κ2) is 14.1. The van der Waals surface area contributed by atoms with Gasteiger partial charge in [-0.15, -0.1) is 23.5 Å². The lowest BCUT2D eigenvalue weighted by atomic mass is 10.1. The largest absolute Gasteiger partial charge is 0.478 e. The van der Waals surface area contributed by atoms with Gasteiger partial charge in [-0.25, -0.2) is 4.79 Å². The van der Waals surface area contributed by atoms with Crippen LogP contribution in [-0.2, 0) is 4.79 Å². The normalized spacial score (nSPS) is 10.9. The summed E-state index contributed by atoms with van der Waals surface area (Å²) < 4.78 is 0. The zero-order valence-corrected chi connectivity index (χ0v) is 19.1. The Labute approximate surface area is 185 Å². The monoisotopic (exact) mass is 450 g/mol. The minimum atomic E-state index is -0.872. The molecule has 0 heterocycles. The second-order valence-corrected chi connectivity index (χ2v) is 10.6. The number of hydrogen-bond donors (Lipinski definition) is 1. The van der Waals surface area contributed by atoms with E-state index < -0.39 is 5.97 Å². The third kappa shape index (κ3) is 9.50. The standard InChI is InChI=1S/C22H26O2S4/c1-18(22(23)24)19(16-25-12-14-27-20-8-4-2-5-9-20)17-26-13-15-28-21-10-6-3-7-11-21/h2-11,19H,1,12-17H2,(H,23,24). The summed E-state index contributed by atoms with van der Waals surface area (Å²) in [7, 11) is 0. The Morgan fingerprint density at radius 3 is 1.61 bits per heavy atom. The zero-order chi connectivity index (χ0) is 20.0. The van der Waals surface area contributed by atoms with Crippen molar-refractivity contribution in [1.82, 2.24) is 0 Å². The number of benzene rings is 2. The Morgan fingerprint density at radius 1 is 0.786 bits per heavy atom. The molecule has 6 heteroatoms. The second-order valence-electron chi connectivity index (χ2n) is 6.00. The number of hydrogen-bond acceptors (Lipinski definition) is 5. The van der Waals surface area contributed by atoms with Crippen molar-refractivity contribution in [3.8, 4) is 0 Å². The van der Waals surface area contributed by atoms with Crippen LogP contribution in [0, 0.1) is 5.92 Å². The molecular formula is C22H26O2S4. The SMILES string of the molecule is C=C(C(=O)O)C(CSCCSc1ccccc1)CSCCSc1ccccc1. The van der Waals surface area contributed by atoms with Crippen molar-refractivity contribution in [1.29, 1.82) is 0 Å². The minimum absolute atomic E-state index is 0.0240. The summed E-state index contributed by atoms with van der Waals surface area (Å²) in [6.07, 6.45) is 0. The molecule has 0 spiro atoms. The smallest absolute Gasteiger partial charge is 0.331 e. The van der Waals surface area contributed by atoms with E-state index in [-0.39, 0.29) is 5.92 Å². The molecule has 0 amide bonds. The maximum absolute atomic E-state index is 11.4. The fourth-order valence-corrected chi connectivity index (χ4v) is 6.82. The molecule has 0 aromatic heterocycles. The third-order valence-corrected chi connectivity index (χ3v) is 8.69. The number of carbonyl (C=O) groups is 1. The summed E-state index contributed by atoms with van der Waals surface area (Å²) >= 11 is 7.33. The van der Waals surface area contributed by atoms with Crippen LogP contribution in [0.15, 0.2) is 82.6 Å². The molecule has 2 aromatic rings. The van der Waals surface area contributed by atoms with Gasteiger partial charge in [-0.05, 0) is 24.3 Å². The first-order valence-electron chi connectivity index (χ1n) is 9.10. The van der Waals surface area contributed by atoms with E-state index in [0.717, 1.165) is 34.5 Å². The Morgan fingerprint density at radius 2 is 1.21 bits per heavy atom. The number of rotatable bonds is 14. The van der Waals surface area contributed by atoms with Gasteiger partial charge in [0.1, 0.15) is 0 Å². The van der Waals surface area contributed by atoms with E-state index in [2.05, 4.69) is 55.1 Å². The van der Waals surface area contributed by atoms with Crippen molar-refractivity contribution in [2.45, 2.75) is 9.79 Å². The highest BCUT2D eigenvalue weighted by atomic mass is 32.2. The van der Waals surface area contributed by atoms with Crippen molar-refractivity contribution < 1.29 is 9.90 Å². The van der Waals surface area contributed by atoms with Crippen molar-refractivity contribution in [2.75, 3.05) is 34.5 Å². The fraction of sp³-hybridized carbons (Fsp3) is 0.318. The van der Waals surface area contributed by atoms with Crippen molar-refractivity contribution in [3.05, 3.63) is 72.8 Å². The molecular weight excluding hydrogens is 425 g/mol. The molecule has 0 fully saturated rings. The summed E-state index contributed by atoms with van der Waals surface area (Å²) in [6.45, 7) is 3.81. The van der Waals surface area contributed by atoms with Crippen LogP contribution in [0.1, 0.15) is 0 Å². The highest BCUT2D eigenvalue weighted by Crippen LogP contribution is 2.25. The van der Waals surface area contributed by atoms with E-state index in [9.17, 15) is 9.90 Å². The summed E-state index contributed by atoms with van der Waals surface area (Å²) in [5.74, 6) is 4.87. The van der Waals surface area contributed by atoms with Crippen LogP contribution in [0.5, 0.6) is 0 Å². The third-order valence-electron chi connectivity index (χ3n) is 3.88. The molecule has 28 heavy (non-hydrogen) atoms. The van der Waals surface area contributed by atoms with Crippen LogP contribution in [-0.4, -0.2) is 45.6 Å². The van der Waals surface area contributed by atoms with E-state index in [1.165, 1.54) is 9.79 Å². The van der Waals surface area contributed by atoms with E-state index in [0.29, 0.717) is 5.57 Å². The quantitative estimate of drug-likeness (QED) is 0.207.